The van der Waals surface area contributed by atoms with Gasteiger partial charge in [0.15, 0.2) is 0 Å². The number of anilines is 1. The second kappa shape index (κ2) is 8.11. The van der Waals surface area contributed by atoms with E-state index in [0.717, 1.165) is 5.75 Å². The SMILES string of the molecule is N#Cc1cc(N)ccc1S(=O)(=O)NCCSCCCO. The molecule has 110 valence electrons. The van der Waals surface area contributed by atoms with E-state index in [1.807, 2.05) is 6.07 Å². The van der Waals surface area contributed by atoms with E-state index in [4.69, 9.17) is 16.1 Å². The standard InChI is InChI=1S/C12H17N3O3S2/c13-9-10-8-11(14)2-3-12(10)20(17,18)15-4-7-19-6-1-5-16/h2-3,8,15-16H,1,4-7,14H2. The second-order valence-electron chi connectivity index (χ2n) is 3.95. The zero-order valence-corrected chi connectivity index (χ0v) is 12.5. The first kappa shape index (κ1) is 16.8. The lowest BCUT2D eigenvalue weighted by Gasteiger charge is -2.08. The highest BCUT2D eigenvalue weighted by Crippen LogP contribution is 2.17. The first-order valence-corrected chi connectivity index (χ1v) is 8.63. The van der Waals surface area contributed by atoms with Gasteiger partial charge in [-0.05, 0) is 30.4 Å². The Morgan fingerprint density at radius 3 is 2.80 bits per heavy atom. The van der Waals surface area contributed by atoms with Gasteiger partial charge in [0.05, 0.1) is 10.5 Å². The normalized spacial score (nSPS) is 11.2. The average molecular weight is 315 g/mol. The lowest BCUT2D eigenvalue weighted by atomic mass is 10.2. The summed E-state index contributed by atoms with van der Waals surface area (Å²) in [5.41, 5.74) is 5.90. The van der Waals surface area contributed by atoms with E-state index in [1.165, 1.54) is 18.2 Å². The monoisotopic (exact) mass is 315 g/mol. The molecule has 4 N–H and O–H groups in total. The van der Waals surface area contributed by atoms with E-state index in [2.05, 4.69) is 4.72 Å². The Balaban J connectivity index is 2.63. The van der Waals surface area contributed by atoms with Crippen LogP contribution in [0.3, 0.4) is 0 Å². The number of benzene rings is 1. The van der Waals surface area contributed by atoms with E-state index in [-0.39, 0.29) is 23.6 Å². The number of nitrogen functional groups attached to an aromatic ring is 1. The highest BCUT2D eigenvalue weighted by atomic mass is 32.2. The van der Waals surface area contributed by atoms with Crippen molar-refractivity contribution >= 4 is 27.5 Å². The molecule has 0 aliphatic carbocycles. The van der Waals surface area contributed by atoms with Crippen LogP contribution in [0.5, 0.6) is 0 Å². The summed E-state index contributed by atoms with van der Waals surface area (Å²) in [4.78, 5) is -0.0606. The number of aliphatic hydroxyl groups is 1. The van der Waals surface area contributed by atoms with Crippen LogP contribution in [-0.2, 0) is 10.0 Å². The Morgan fingerprint density at radius 2 is 2.15 bits per heavy atom. The van der Waals surface area contributed by atoms with E-state index < -0.39 is 10.0 Å². The molecule has 0 aliphatic heterocycles. The summed E-state index contributed by atoms with van der Waals surface area (Å²) < 4.78 is 26.6. The van der Waals surface area contributed by atoms with Crippen LogP contribution in [0, 0.1) is 11.3 Å². The molecule has 0 saturated heterocycles. The van der Waals surface area contributed by atoms with Crippen LogP contribution in [0.25, 0.3) is 0 Å². The predicted octanol–water partition coefficient (Wildman–Crippen LogP) is 0.534. The molecular weight excluding hydrogens is 298 g/mol. The molecule has 0 aliphatic rings. The molecule has 6 nitrogen and oxygen atoms in total. The van der Waals surface area contributed by atoms with Crippen LogP contribution in [0.2, 0.25) is 0 Å². The average Bonchev–Trinajstić information content (AvgIpc) is 2.42. The molecule has 0 amide bonds. The van der Waals surface area contributed by atoms with Crippen LogP contribution < -0.4 is 10.5 Å². The van der Waals surface area contributed by atoms with Gasteiger partial charge < -0.3 is 10.8 Å². The Morgan fingerprint density at radius 1 is 1.40 bits per heavy atom. The molecular formula is C12H17N3O3S2. The minimum absolute atomic E-state index is 0.0328. The molecule has 0 unspecified atom stereocenters. The summed E-state index contributed by atoms with van der Waals surface area (Å²) in [7, 11) is -3.70. The number of nitriles is 1. The first-order valence-electron chi connectivity index (χ1n) is 5.99. The quantitative estimate of drug-likeness (QED) is 0.476. The van der Waals surface area contributed by atoms with Gasteiger partial charge in [-0.2, -0.15) is 17.0 Å². The third kappa shape index (κ3) is 5.02. The summed E-state index contributed by atoms with van der Waals surface area (Å²) >= 11 is 1.55. The molecule has 8 heteroatoms. The fourth-order valence-corrected chi connectivity index (χ4v) is 3.54. The van der Waals surface area contributed by atoms with Gasteiger partial charge in [-0.3, -0.25) is 0 Å². The summed E-state index contributed by atoms with van der Waals surface area (Å²) in [6.07, 6.45) is 0.688. The fraction of sp³-hybridized carbons (Fsp3) is 0.417. The van der Waals surface area contributed by atoms with Crippen molar-refractivity contribution in [3.8, 4) is 6.07 Å². The number of sulfonamides is 1. The topological polar surface area (TPSA) is 116 Å². The van der Waals surface area contributed by atoms with Crippen molar-refractivity contribution in [1.29, 1.82) is 5.26 Å². The lowest BCUT2D eigenvalue weighted by molar-refractivity contribution is 0.296. The smallest absolute Gasteiger partial charge is 0.241 e. The Kier molecular flexibility index (Phi) is 6.81. The molecule has 1 aromatic rings. The summed E-state index contributed by atoms with van der Waals surface area (Å²) in [6.45, 7) is 0.406. The molecule has 0 bridgehead atoms. The fourth-order valence-electron chi connectivity index (χ4n) is 1.46. The van der Waals surface area contributed by atoms with Crippen LogP contribution in [0.15, 0.2) is 23.1 Å². The highest BCUT2D eigenvalue weighted by molar-refractivity contribution is 7.99. The van der Waals surface area contributed by atoms with Crippen molar-refractivity contribution < 1.29 is 13.5 Å². The van der Waals surface area contributed by atoms with Gasteiger partial charge in [-0.15, -0.1) is 0 Å². The number of nitrogens with two attached hydrogens (primary N) is 1. The van der Waals surface area contributed by atoms with Crippen LogP contribution in [0.1, 0.15) is 12.0 Å². The third-order valence-corrected chi connectivity index (χ3v) is 4.99. The molecule has 0 spiro atoms. The van der Waals surface area contributed by atoms with Gasteiger partial charge in [0, 0.05) is 24.6 Å². The summed E-state index contributed by atoms with van der Waals surface area (Å²) in [5.74, 6) is 1.39. The van der Waals surface area contributed by atoms with E-state index in [1.54, 1.807) is 11.8 Å². The van der Waals surface area contributed by atoms with Crippen molar-refractivity contribution in [2.45, 2.75) is 11.3 Å². The van der Waals surface area contributed by atoms with E-state index in [9.17, 15) is 8.42 Å². The van der Waals surface area contributed by atoms with Crippen molar-refractivity contribution in [2.75, 3.05) is 30.4 Å². The number of thioether (sulfide) groups is 1. The maximum Gasteiger partial charge on any atom is 0.241 e. The number of rotatable bonds is 8. The number of aliphatic hydroxyl groups excluding tert-OH is 1. The molecule has 0 aromatic heterocycles. The molecule has 0 atom stereocenters. The van der Waals surface area contributed by atoms with Gasteiger partial charge >= 0.3 is 0 Å². The van der Waals surface area contributed by atoms with Crippen LogP contribution in [0.4, 0.5) is 5.69 Å². The van der Waals surface area contributed by atoms with Gasteiger partial charge in [-0.25, -0.2) is 13.1 Å². The van der Waals surface area contributed by atoms with E-state index in [0.29, 0.717) is 17.9 Å². The van der Waals surface area contributed by atoms with E-state index >= 15 is 0 Å². The highest BCUT2D eigenvalue weighted by Gasteiger charge is 2.18. The summed E-state index contributed by atoms with van der Waals surface area (Å²) in [6, 6.07) is 5.94. The molecule has 20 heavy (non-hydrogen) atoms. The van der Waals surface area contributed by atoms with Crippen molar-refractivity contribution in [3.63, 3.8) is 0 Å². The zero-order valence-electron chi connectivity index (χ0n) is 10.9. The molecule has 0 heterocycles. The number of hydrogen-bond donors (Lipinski definition) is 3. The lowest BCUT2D eigenvalue weighted by Crippen LogP contribution is -2.26. The largest absolute Gasteiger partial charge is 0.399 e. The maximum absolute atomic E-state index is 12.1. The molecule has 1 rings (SSSR count). The van der Waals surface area contributed by atoms with Gasteiger partial charge in [0.2, 0.25) is 10.0 Å². The van der Waals surface area contributed by atoms with Gasteiger partial charge in [0.25, 0.3) is 0 Å². The first-order chi connectivity index (χ1) is 9.51. The maximum atomic E-state index is 12.1. The molecule has 0 saturated carbocycles. The number of nitrogens with zero attached hydrogens (tertiary/aromatic N) is 1. The number of hydrogen-bond acceptors (Lipinski definition) is 6. The molecule has 0 radical (unpaired) electrons. The zero-order chi connectivity index (χ0) is 15.0. The summed E-state index contributed by atoms with van der Waals surface area (Å²) in [5, 5.41) is 17.6. The Labute approximate surface area is 123 Å². The van der Waals surface area contributed by atoms with Crippen molar-refractivity contribution in [3.05, 3.63) is 23.8 Å². The third-order valence-electron chi connectivity index (χ3n) is 2.40. The molecule has 1 aromatic carbocycles. The van der Waals surface area contributed by atoms with Gasteiger partial charge in [0.1, 0.15) is 6.07 Å². The number of nitrogens with one attached hydrogen (secondary N) is 1. The van der Waals surface area contributed by atoms with Crippen LogP contribution >= 0.6 is 11.8 Å². The van der Waals surface area contributed by atoms with Crippen molar-refractivity contribution in [1.82, 2.24) is 4.72 Å². The second-order valence-corrected chi connectivity index (χ2v) is 6.91. The molecule has 0 fully saturated rings. The Hall–Kier alpha value is -1.27. The predicted molar refractivity (Wildman–Crippen MR) is 79.8 cm³/mol. The van der Waals surface area contributed by atoms with Crippen molar-refractivity contribution in [2.24, 2.45) is 0 Å². The minimum Gasteiger partial charge on any atom is -0.399 e. The Bertz CT molecular complexity index is 582. The minimum atomic E-state index is -3.70. The van der Waals surface area contributed by atoms with Crippen LogP contribution in [-0.4, -0.2) is 38.2 Å². The van der Waals surface area contributed by atoms with Gasteiger partial charge in [-0.1, -0.05) is 0 Å².